The number of amides is 1. The highest BCUT2D eigenvalue weighted by atomic mass is 16.5. The molecule has 4 aromatic rings. The molecule has 7 nitrogen and oxygen atoms in total. The molecule has 1 aliphatic rings. The first-order chi connectivity index (χ1) is 13.7. The number of H-pyrrole nitrogens is 1. The summed E-state index contributed by atoms with van der Waals surface area (Å²) in [5.41, 5.74) is 3.40. The van der Waals surface area contributed by atoms with E-state index in [9.17, 15) is 9.59 Å². The molecule has 1 amide bonds. The van der Waals surface area contributed by atoms with E-state index in [1.165, 1.54) is 0 Å². The first kappa shape index (κ1) is 16.6. The van der Waals surface area contributed by atoms with Crippen molar-refractivity contribution in [3.63, 3.8) is 0 Å². The number of carbonyl (C=O) groups excluding carboxylic acids is 2. The Morgan fingerprint density at radius 3 is 2.82 bits per heavy atom. The number of aromatic amines is 1. The fraction of sp³-hybridized carbons (Fsp3) is 0.190. The standard InChI is InChI=1S/C21H18N4O3/c1-2-28-20(27)17-18(13-11-22-14-8-4-3-7-12(13)14)25-16-10-6-5-9-15(16)23-21(25)24-19(17)26/h3-11,17-18,22H,2H2,1H3,(H,23,24,26)/t17-,18-/m1/s1. The van der Waals surface area contributed by atoms with Crippen LogP contribution in [0.1, 0.15) is 18.5 Å². The van der Waals surface area contributed by atoms with Gasteiger partial charge >= 0.3 is 5.97 Å². The second-order valence-electron chi connectivity index (χ2n) is 6.75. The van der Waals surface area contributed by atoms with Gasteiger partial charge in [-0.3, -0.25) is 14.9 Å². The summed E-state index contributed by atoms with van der Waals surface area (Å²) in [6.07, 6.45) is 1.86. The third-order valence-corrected chi connectivity index (χ3v) is 5.19. The number of imidazole rings is 1. The molecule has 2 N–H and O–H groups in total. The average molecular weight is 374 g/mol. The van der Waals surface area contributed by atoms with Crippen LogP contribution in [0.3, 0.4) is 0 Å². The Labute approximate surface area is 160 Å². The molecule has 5 rings (SSSR count). The number of fused-ring (bicyclic) bond motifs is 4. The second kappa shape index (κ2) is 6.23. The zero-order valence-corrected chi connectivity index (χ0v) is 15.2. The van der Waals surface area contributed by atoms with Gasteiger partial charge in [0.1, 0.15) is 0 Å². The third-order valence-electron chi connectivity index (χ3n) is 5.19. The van der Waals surface area contributed by atoms with Crippen molar-refractivity contribution in [2.24, 2.45) is 5.92 Å². The second-order valence-corrected chi connectivity index (χ2v) is 6.75. The highest BCUT2D eigenvalue weighted by Crippen LogP contribution is 2.40. The van der Waals surface area contributed by atoms with Crippen LogP contribution in [0.5, 0.6) is 0 Å². The fourth-order valence-corrected chi connectivity index (χ4v) is 4.02. The first-order valence-corrected chi connectivity index (χ1v) is 9.19. The van der Waals surface area contributed by atoms with E-state index in [0.29, 0.717) is 5.95 Å². The van der Waals surface area contributed by atoms with E-state index in [1.54, 1.807) is 6.92 Å². The number of ether oxygens (including phenoxy) is 1. The molecule has 0 aliphatic carbocycles. The molecule has 28 heavy (non-hydrogen) atoms. The van der Waals surface area contributed by atoms with E-state index in [1.807, 2.05) is 59.3 Å². The topological polar surface area (TPSA) is 89.0 Å². The summed E-state index contributed by atoms with van der Waals surface area (Å²) in [5.74, 6) is -1.53. The van der Waals surface area contributed by atoms with E-state index in [2.05, 4.69) is 15.3 Å². The minimum Gasteiger partial charge on any atom is -0.465 e. The molecule has 0 saturated heterocycles. The van der Waals surface area contributed by atoms with Crippen LogP contribution in [-0.4, -0.2) is 33.0 Å². The number of hydrogen-bond donors (Lipinski definition) is 2. The van der Waals surface area contributed by atoms with Crippen molar-refractivity contribution in [3.8, 4) is 0 Å². The number of esters is 1. The Bertz CT molecular complexity index is 1220. The van der Waals surface area contributed by atoms with Gasteiger partial charge in [-0.05, 0) is 25.1 Å². The lowest BCUT2D eigenvalue weighted by Gasteiger charge is -2.31. The number of anilines is 1. The average Bonchev–Trinajstić information content (AvgIpc) is 3.28. The highest BCUT2D eigenvalue weighted by molar-refractivity contribution is 6.08. The van der Waals surface area contributed by atoms with Gasteiger partial charge in [-0.15, -0.1) is 0 Å². The number of carbonyl (C=O) groups is 2. The highest BCUT2D eigenvalue weighted by Gasteiger charge is 2.44. The van der Waals surface area contributed by atoms with Crippen LogP contribution in [0.2, 0.25) is 0 Å². The van der Waals surface area contributed by atoms with Gasteiger partial charge in [-0.1, -0.05) is 30.3 Å². The zero-order chi connectivity index (χ0) is 19.3. The molecule has 0 saturated carbocycles. The van der Waals surface area contributed by atoms with Gasteiger partial charge in [0.25, 0.3) is 0 Å². The summed E-state index contributed by atoms with van der Waals surface area (Å²) >= 11 is 0. The summed E-state index contributed by atoms with van der Waals surface area (Å²) in [6, 6.07) is 14.9. The van der Waals surface area contributed by atoms with Crippen molar-refractivity contribution in [1.82, 2.24) is 14.5 Å². The molecule has 0 spiro atoms. The van der Waals surface area contributed by atoms with Crippen LogP contribution in [-0.2, 0) is 14.3 Å². The number of hydrogen-bond acceptors (Lipinski definition) is 4. The van der Waals surface area contributed by atoms with E-state index < -0.39 is 23.8 Å². The lowest BCUT2D eigenvalue weighted by Crippen LogP contribution is -2.43. The molecule has 0 bridgehead atoms. The predicted molar refractivity (Wildman–Crippen MR) is 105 cm³/mol. The van der Waals surface area contributed by atoms with Gasteiger partial charge in [0.15, 0.2) is 5.92 Å². The van der Waals surface area contributed by atoms with Gasteiger partial charge < -0.3 is 14.3 Å². The Kier molecular flexibility index (Phi) is 3.68. The summed E-state index contributed by atoms with van der Waals surface area (Å²) in [7, 11) is 0. The number of rotatable bonds is 3. The maximum atomic E-state index is 12.9. The zero-order valence-electron chi connectivity index (χ0n) is 15.2. The van der Waals surface area contributed by atoms with Gasteiger partial charge in [0.2, 0.25) is 11.9 Å². The van der Waals surface area contributed by atoms with Crippen LogP contribution < -0.4 is 5.32 Å². The quantitative estimate of drug-likeness (QED) is 0.426. The first-order valence-electron chi connectivity index (χ1n) is 9.19. The summed E-state index contributed by atoms with van der Waals surface area (Å²) in [4.78, 5) is 33.5. The van der Waals surface area contributed by atoms with Crippen LogP contribution in [0.4, 0.5) is 5.95 Å². The molecule has 3 heterocycles. The van der Waals surface area contributed by atoms with Crippen molar-refractivity contribution < 1.29 is 14.3 Å². The van der Waals surface area contributed by atoms with Crippen molar-refractivity contribution in [2.45, 2.75) is 13.0 Å². The number of nitrogens with zero attached hydrogens (tertiary/aromatic N) is 2. The maximum Gasteiger partial charge on any atom is 0.321 e. The van der Waals surface area contributed by atoms with E-state index in [-0.39, 0.29) is 6.61 Å². The van der Waals surface area contributed by atoms with Gasteiger partial charge in [0.05, 0.1) is 23.7 Å². The largest absolute Gasteiger partial charge is 0.465 e. The Morgan fingerprint density at radius 2 is 1.96 bits per heavy atom. The fourth-order valence-electron chi connectivity index (χ4n) is 4.02. The lowest BCUT2D eigenvalue weighted by molar-refractivity contribution is -0.152. The molecule has 7 heteroatoms. The van der Waals surface area contributed by atoms with Gasteiger partial charge in [-0.25, -0.2) is 4.98 Å². The summed E-state index contributed by atoms with van der Waals surface area (Å²) in [6.45, 7) is 1.94. The van der Waals surface area contributed by atoms with Gasteiger partial charge in [-0.2, -0.15) is 0 Å². The minimum atomic E-state index is -1.01. The molecule has 1 aliphatic heterocycles. The van der Waals surface area contributed by atoms with E-state index >= 15 is 0 Å². The Hall–Kier alpha value is -3.61. The molecule has 0 unspecified atom stereocenters. The molecular weight excluding hydrogens is 356 g/mol. The lowest BCUT2D eigenvalue weighted by atomic mass is 9.90. The third kappa shape index (κ3) is 2.32. The number of para-hydroxylation sites is 3. The number of benzene rings is 2. The molecule has 2 aromatic heterocycles. The van der Waals surface area contributed by atoms with E-state index in [4.69, 9.17) is 4.74 Å². The maximum absolute atomic E-state index is 12.9. The van der Waals surface area contributed by atoms with Crippen LogP contribution in [0.25, 0.3) is 21.9 Å². The molecule has 140 valence electrons. The number of nitrogens with one attached hydrogen (secondary N) is 2. The molecule has 2 atom stereocenters. The smallest absolute Gasteiger partial charge is 0.321 e. The molecular formula is C21H18N4O3. The Morgan fingerprint density at radius 1 is 1.18 bits per heavy atom. The molecule has 2 aromatic carbocycles. The van der Waals surface area contributed by atoms with Gasteiger partial charge in [0, 0.05) is 22.7 Å². The van der Waals surface area contributed by atoms with Crippen molar-refractivity contribution in [1.29, 1.82) is 0 Å². The van der Waals surface area contributed by atoms with Crippen LogP contribution >= 0.6 is 0 Å². The predicted octanol–water partition coefficient (Wildman–Crippen LogP) is 3.24. The van der Waals surface area contributed by atoms with Crippen LogP contribution in [0, 0.1) is 5.92 Å². The van der Waals surface area contributed by atoms with Crippen molar-refractivity contribution >= 4 is 39.8 Å². The van der Waals surface area contributed by atoms with Crippen LogP contribution in [0.15, 0.2) is 54.7 Å². The minimum absolute atomic E-state index is 0.209. The Balaban J connectivity index is 1.80. The number of aromatic nitrogens is 3. The monoisotopic (exact) mass is 374 g/mol. The summed E-state index contributed by atoms with van der Waals surface area (Å²) in [5, 5.41) is 3.74. The summed E-state index contributed by atoms with van der Waals surface area (Å²) < 4.78 is 7.18. The van der Waals surface area contributed by atoms with Crippen molar-refractivity contribution in [3.05, 3.63) is 60.3 Å². The normalized spacial score (nSPS) is 18.8. The van der Waals surface area contributed by atoms with Crippen molar-refractivity contribution in [2.75, 3.05) is 11.9 Å². The molecule has 0 fully saturated rings. The molecule has 0 radical (unpaired) electrons. The van der Waals surface area contributed by atoms with E-state index in [0.717, 1.165) is 27.5 Å². The SMILES string of the molecule is CCOC(=O)[C@H]1C(=O)Nc2nc3ccccc3n2[C@@H]1c1c[nH]c2ccccc12.